The first-order chi connectivity index (χ1) is 15.2. The Bertz CT molecular complexity index is 977. The van der Waals surface area contributed by atoms with Gasteiger partial charge >= 0.3 is 0 Å². The SMILES string of the molecule is CS[C@]1(SCc2ccccc2)CC[C@H]2[C@@H]3CCC4=CC(=O)C=C[C@]4(C)C3(F)[C@@H](O)C[C@@]21C. The van der Waals surface area contributed by atoms with E-state index in [1.165, 1.54) is 11.6 Å². The summed E-state index contributed by atoms with van der Waals surface area (Å²) in [5, 5.41) is 11.5. The number of carbonyl (C=O) groups excluding carboxylic acids is 1. The zero-order valence-electron chi connectivity index (χ0n) is 19.1. The van der Waals surface area contributed by atoms with Crippen LogP contribution in [-0.2, 0) is 10.5 Å². The second-order valence-corrected chi connectivity index (χ2v) is 13.2. The molecule has 1 aromatic rings. The molecule has 0 aliphatic heterocycles. The number of carbonyl (C=O) groups is 1. The normalized spacial score (nSPS) is 45.1. The highest BCUT2D eigenvalue weighted by Gasteiger charge is 2.73. The molecule has 32 heavy (non-hydrogen) atoms. The average Bonchev–Trinajstić information content (AvgIpc) is 3.07. The second kappa shape index (κ2) is 7.74. The van der Waals surface area contributed by atoms with Crippen LogP contribution in [0.2, 0.25) is 0 Å². The van der Waals surface area contributed by atoms with Crippen LogP contribution in [0.1, 0.15) is 51.5 Å². The molecule has 5 heteroatoms. The second-order valence-electron chi connectivity index (χ2n) is 10.5. The molecule has 3 fully saturated rings. The lowest BCUT2D eigenvalue weighted by Gasteiger charge is -2.63. The van der Waals surface area contributed by atoms with Crippen molar-refractivity contribution in [1.82, 2.24) is 0 Å². The summed E-state index contributed by atoms with van der Waals surface area (Å²) >= 11 is 3.90. The van der Waals surface area contributed by atoms with E-state index >= 15 is 4.39 Å². The van der Waals surface area contributed by atoms with Crippen molar-refractivity contribution in [2.24, 2.45) is 22.7 Å². The number of halogens is 1. The summed E-state index contributed by atoms with van der Waals surface area (Å²) in [5.74, 6) is 0.911. The zero-order chi connectivity index (χ0) is 22.8. The summed E-state index contributed by atoms with van der Waals surface area (Å²) in [4.78, 5) is 12.0. The summed E-state index contributed by atoms with van der Waals surface area (Å²) in [6.45, 7) is 4.22. The van der Waals surface area contributed by atoms with Crippen LogP contribution >= 0.6 is 23.5 Å². The Hall–Kier alpha value is -1.04. The molecule has 5 rings (SSSR count). The van der Waals surface area contributed by atoms with Crippen molar-refractivity contribution in [3.63, 3.8) is 0 Å². The Balaban J connectivity index is 1.50. The van der Waals surface area contributed by atoms with Crippen molar-refractivity contribution < 1.29 is 14.3 Å². The van der Waals surface area contributed by atoms with E-state index in [1.54, 1.807) is 12.2 Å². The molecule has 4 aliphatic carbocycles. The van der Waals surface area contributed by atoms with Gasteiger partial charge in [-0.05, 0) is 74.3 Å². The van der Waals surface area contributed by atoms with Gasteiger partial charge in [0.05, 0.1) is 10.2 Å². The molecule has 1 N–H and O–H groups in total. The molecule has 4 aliphatic rings. The van der Waals surface area contributed by atoms with Crippen LogP contribution in [0.25, 0.3) is 0 Å². The molecule has 0 amide bonds. The van der Waals surface area contributed by atoms with E-state index < -0.39 is 17.2 Å². The van der Waals surface area contributed by atoms with Crippen LogP contribution in [-0.4, -0.2) is 33.0 Å². The first-order valence-electron chi connectivity index (χ1n) is 11.7. The lowest BCUT2D eigenvalue weighted by Crippen LogP contribution is -2.67. The summed E-state index contributed by atoms with van der Waals surface area (Å²) in [7, 11) is 0. The molecule has 0 saturated heterocycles. The molecule has 0 bridgehead atoms. The first kappa shape index (κ1) is 22.7. The lowest BCUT2D eigenvalue weighted by molar-refractivity contribution is -0.189. The Kier molecular flexibility index (Phi) is 5.50. The fourth-order valence-corrected chi connectivity index (χ4v) is 10.7. The average molecular weight is 473 g/mol. The van der Waals surface area contributed by atoms with Crippen LogP contribution in [0.3, 0.4) is 0 Å². The molecular formula is C27H33FO2S2. The molecule has 0 heterocycles. The highest BCUT2D eigenvalue weighted by Crippen LogP contribution is 2.73. The predicted octanol–water partition coefficient (Wildman–Crippen LogP) is 6.35. The van der Waals surface area contributed by atoms with Gasteiger partial charge in [-0.15, -0.1) is 23.5 Å². The number of hydrogen-bond donors (Lipinski definition) is 1. The number of hydrogen-bond acceptors (Lipinski definition) is 4. The lowest BCUT2D eigenvalue weighted by atomic mass is 9.46. The summed E-state index contributed by atoms with van der Waals surface area (Å²) in [6, 6.07) is 10.6. The Morgan fingerprint density at radius 1 is 1.16 bits per heavy atom. The van der Waals surface area contributed by atoms with Gasteiger partial charge in [-0.1, -0.05) is 48.9 Å². The standard InChI is InChI=1S/C27H33FO2S2/c1-24-13-11-20(29)15-19(24)9-10-22-21-12-14-26(31-3,32-17-18-7-5-4-6-8-18)25(21,2)16-23(30)27(22,24)28/h4-8,11,13,15,21-23,30H,9-10,12,14,16-17H2,1-3H3/t21-,22-,23-,24-,25-,26-,27?/m0/s1. The van der Waals surface area contributed by atoms with Crippen molar-refractivity contribution >= 4 is 29.3 Å². The molecule has 0 spiro atoms. The minimum atomic E-state index is -1.73. The van der Waals surface area contributed by atoms with Crippen molar-refractivity contribution in [1.29, 1.82) is 0 Å². The molecule has 3 saturated carbocycles. The van der Waals surface area contributed by atoms with Crippen LogP contribution in [0.4, 0.5) is 4.39 Å². The van der Waals surface area contributed by atoms with Gasteiger partial charge in [-0.3, -0.25) is 4.79 Å². The Morgan fingerprint density at radius 3 is 2.62 bits per heavy atom. The summed E-state index contributed by atoms with van der Waals surface area (Å²) in [5.41, 5.74) is -0.592. The quantitative estimate of drug-likeness (QED) is 0.518. The predicted molar refractivity (Wildman–Crippen MR) is 132 cm³/mol. The van der Waals surface area contributed by atoms with Gasteiger partial charge in [0.1, 0.15) is 0 Å². The number of benzene rings is 1. The van der Waals surface area contributed by atoms with Gasteiger partial charge in [-0.2, -0.15) is 0 Å². The molecule has 1 unspecified atom stereocenters. The van der Waals surface area contributed by atoms with Gasteiger partial charge in [0.25, 0.3) is 0 Å². The largest absolute Gasteiger partial charge is 0.390 e. The number of thioether (sulfide) groups is 2. The summed E-state index contributed by atoms with van der Waals surface area (Å²) < 4.78 is 17.2. The third-order valence-electron chi connectivity index (χ3n) is 9.33. The van der Waals surface area contributed by atoms with E-state index in [0.29, 0.717) is 12.8 Å². The molecule has 1 aromatic carbocycles. The Morgan fingerprint density at radius 2 is 1.91 bits per heavy atom. The van der Waals surface area contributed by atoms with Crippen LogP contribution < -0.4 is 0 Å². The number of rotatable bonds is 4. The number of allylic oxidation sites excluding steroid dienone is 4. The molecule has 2 nitrogen and oxygen atoms in total. The number of aliphatic hydroxyl groups excluding tert-OH is 1. The smallest absolute Gasteiger partial charge is 0.178 e. The van der Waals surface area contributed by atoms with E-state index in [4.69, 9.17) is 0 Å². The van der Waals surface area contributed by atoms with Crippen molar-refractivity contribution in [2.75, 3.05) is 6.26 Å². The summed E-state index contributed by atoms with van der Waals surface area (Å²) in [6.07, 6.45) is 9.99. The van der Waals surface area contributed by atoms with E-state index in [0.717, 1.165) is 30.6 Å². The van der Waals surface area contributed by atoms with Crippen LogP contribution in [0.15, 0.2) is 54.1 Å². The minimum Gasteiger partial charge on any atom is -0.390 e. The molecular weight excluding hydrogens is 439 g/mol. The van der Waals surface area contributed by atoms with Crippen LogP contribution in [0, 0.1) is 22.7 Å². The molecule has 172 valence electrons. The van der Waals surface area contributed by atoms with Crippen molar-refractivity contribution in [2.45, 2.75) is 67.6 Å². The van der Waals surface area contributed by atoms with E-state index in [-0.39, 0.29) is 27.1 Å². The maximum absolute atomic E-state index is 17.2. The first-order valence-corrected chi connectivity index (χ1v) is 14.0. The number of fused-ring (bicyclic) bond motifs is 5. The molecule has 0 radical (unpaired) electrons. The van der Waals surface area contributed by atoms with Gasteiger partial charge in [0.2, 0.25) is 0 Å². The van der Waals surface area contributed by atoms with Gasteiger partial charge in [-0.25, -0.2) is 4.39 Å². The van der Waals surface area contributed by atoms with E-state index in [9.17, 15) is 9.90 Å². The number of aliphatic hydroxyl groups is 1. The Labute approximate surface area is 199 Å². The zero-order valence-corrected chi connectivity index (χ0v) is 20.8. The van der Waals surface area contributed by atoms with Crippen molar-refractivity contribution in [3.8, 4) is 0 Å². The molecule has 0 aromatic heterocycles. The maximum atomic E-state index is 17.2. The number of alkyl halides is 1. The highest BCUT2D eigenvalue weighted by molar-refractivity contribution is 8.17. The fraction of sp³-hybridized carbons (Fsp3) is 0.593. The third kappa shape index (κ3) is 2.93. The third-order valence-corrected chi connectivity index (χ3v) is 13.1. The van der Waals surface area contributed by atoms with Crippen LogP contribution in [0.5, 0.6) is 0 Å². The fourth-order valence-electron chi connectivity index (χ4n) is 7.56. The molecule has 7 atom stereocenters. The minimum absolute atomic E-state index is 0.0365. The van der Waals surface area contributed by atoms with Gasteiger partial charge in [0, 0.05) is 17.1 Å². The van der Waals surface area contributed by atoms with Gasteiger partial charge < -0.3 is 5.11 Å². The van der Waals surface area contributed by atoms with E-state index in [1.807, 2.05) is 36.5 Å². The van der Waals surface area contributed by atoms with E-state index in [2.05, 4.69) is 37.4 Å². The number of ketones is 1. The maximum Gasteiger partial charge on any atom is 0.178 e. The monoisotopic (exact) mass is 472 g/mol. The van der Waals surface area contributed by atoms with Crippen molar-refractivity contribution in [3.05, 3.63) is 59.7 Å². The topological polar surface area (TPSA) is 37.3 Å². The van der Waals surface area contributed by atoms with Gasteiger partial charge in [0.15, 0.2) is 11.5 Å². The highest BCUT2D eigenvalue weighted by atomic mass is 32.2.